The number of nitrogens with two attached hydrogens (primary N) is 1. The summed E-state index contributed by atoms with van der Waals surface area (Å²) in [4.78, 5) is 35.5. The van der Waals surface area contributed by atoms with Crippen molar-refractivity contribution in [1.29, 1.82) is 0 Å². The average Bonchev–Trinajstić information content (AvgIpc) is 2.82. The molecule has 0 spiro atoms. The van der Waals surface area contributed by atoms with Crippen LogP contribution in [0.5, 0.6) is 0 Å². The van der Waals surface area contributed by atoms with Crippen LogP contribution in [0.15, 0.2) is 29.4 Å². The highest BCUT2D eigenvalue weighted by molar-refractivity contribution is 7.89. The number of hydrogen-bond donors (Lipinski definition) is 2. The molecule has 1 aliphatic heterocycles. The summed E-state index contributed by atoms with van der Waals surface area (Å²) in [7, 11) is -4.14. The van der Waals surface area contributed by atoms with Gasteiger partial charge in [0.1, 0.15) is 0 Å². The molecule has 2 rings (SSSR count). The van der Waals surface area contributed by atoms with Gasteiger partial charge in [-0.05, 0) is 25.3 Å². The monoisotopic (exact) mass is 411 g/mol. The lowest BCUT2D eigenvalue weighted by Gasteiger charge is -2.19. The van der Waals surface area contributed by atoms with Gasteiger partial charge in [0.15, 0.2) is 12.0 Å². The number of rotatable bonds is 7. The number of Topliss-reactive ketones (excluding diaryl/α,β-unsaturated/α-hetero) is 1. The Hall–Kier alpha value is -2.53. The van der Waals surface area contributed by atoms with Crippen LogP contribution in [-0.2, 0) is 24.4 Å². The van der Waals surface area contributed by atoms with Gasteiger partial charge in [-0.1, -0.05) is 6.92 Å². The van der Waals surface area contributed by atoms with Gasteiger partial charge in [0.05, 0.1) is 19.0 Å². The number of carbonyl (C=O) groups excluding carboxylic acids is 3. The molecule has 1 aromatic heterocycles. The third kappa shape index (κ3) is 5.26. The number of aromatic nitrogens is 1. The minimum Gasteiger partial charge on any atom is -0.618 e. The minimum atomic E-state index is -4.14. The molecule has 1 aliphatic rings. The van der Waals surface area contributed by atoms with E-state index in [1.54, 1.807) is 6.92 Å². The minimum absolute atomic E-state index is 0.0533. The Bertz CT molecular complexity index is 857. The van der Waals surface area contributed by atoms with E-state index < -0.39 is 51.2 Å². The van der Waals surface area contributed by atoms with Crippen LogP contribution in [0, 0.1) is 17.5 Å². The highest BCUT2D eigenvalue weighted by Crippen LogP contribution is 2.17. The van der Waals surface area contributed by atoms with Crippen LogP contribution in [-0.4, -0.2) is 49.5 Å². The van der Waals surface area contributed by atoms with E-state index in [4.69, 9.17) is 5.73 Å². The van der Waals surface area contributed by atoms with Gasteiger partial charge in [-0.15, -0.1) is 0 Å². The first-order valence-electron chi connectivity index (χ1n) is 8.77. The van der Waals surface area contributed by atoms with Crippen molar-refractivity contribution in [3.05, 3.63) is 36.0 Å². The second kappa shape index (κ2) is 9.11. The maximum atomic E-state index is 12.7. The lowest BCUT2D eigenvalue weighted by atomic mass is 10.0. The van der Waals surface area contributed by atoms with Crippen molar-refractivity contribution in [3.63, 3.8) is 0 Å². The van der Waals surface area contributed by atoms with Gasteiger partial charge < -0.3 is 16.3 Å². The van der Waals surface area contributed by atoms with E-state index in [0.717, 1.165) is 10.5 Å². The molecule has 1 saturated heterocycles. The van der Waals surface area contributed by atoms with E-state index in [1.807, 2.05) is 0 Å². The van der Waals surface area contributed by atoms with Gasteiger partial charge in [-0.3, -0.25) is 14.4 Å². The molecule has 2 heterocycles. The van der Waals surface area contributed by atoms with E-state index in [9.17, 15) is 28.0 Å². The summed E-state index contributed by atoms with van der Waals surface area (Å²) in [6.45, 7) is 1.19. The second-order valence-electron chi connectivity index (χ2n) is 6.62. The molecule has 3 N–H and O–H groups in total. The van der Waals surface area contributed by atoms with Crippen molar-refractivity contribution in [1.82, 2.24) is 9.62 Å². The number of pyridine rings is 1. The zero-order chi connectivity index (χ0) is 20.9. The fraction of sp³-hybridized carbons (Fsp3) is 0.471. The molecule has 2 amide bonds. The number of sulfonamides is 1. The number of nitrogens with one attached hydrogen (secondary N) is 1. The van der Waals surface area contributed by atoms with Gasteiger partial charge in [0, 0.05) is 24.6 Å². The Morgan fingerprint density at radius 3 is 2.82 bits per heavy atom. The Morgan fingerprint density at radius 1 is 1.46 bits per heavy atom. The Morgan fingerprint density at radius 2 is 2.18 bits per heavy atom. The normalized spacial score (nSPS) is 19.6. The molecule has 2 atom stereocenters. The van der Waals surface area contributed by atoms with Crippen molar-refractivity contribution in [2.45, 2.75) is 37.3 Å². The van der Waals surface area contributed by atoms with Crippen LogP contribution < -0.4 is 15.8 Å². The third-order valence-corrected chi connectivity index (χ3v) is 6.31. The number of primary amides is 1. The highest BCUT2D eigenvalue weighted by Gasteiger charge is 2.36. The van der Waals surface area contributed by atoms with Crippen LogP contribution in [0.4, 0.5) is 0 Å². The lowest BCUT2D eigenvalue weighted by molar-refractivity contribution is -0.646. The zero-order valence-corrected chi connectivity index (χ0v) is 16.2. The number of hydrogen-bond acceptors (Lipinski definition) is 6. The van der Waals surface area contributed by atoms with Crippen molar-refractivity contribution < 1.29 is 27.5 Å². The second-order valence-corrected chi connectivity index (χ2v) is 8.50. The standard InChI is InChI=1S/C17H23N4O6S/c1-12(17(18)24)7-8-15(23)19-13-5-4-9-20(11-14(13)22)28(26,27)16-6-2-3-10-21(16)25/h2-3,6,8,10,12-13H,4-5,7,9,11H2,1H3,(H2,18,24)(H,19,23)/t12?,13-/m1/s1. The summed E-state index contributed by atoms with van der Waals surface area (Å²) in [5, 5.41) is 13.9. The predicted molar refractivity (Wildman–Crippen MR) is 97.6 cm³/mol. The van der Waals surface area contributed by atoms with Crippen molar-refractivity contribution >= 4 is 27.6 Å². The van der Waals surface area contributed by atoms with Crippen LogP contribution in [0.25, 0.3) is 0 Å². The summed E-state index contributed by atoms with van der Waals surface area (Å²) < 4.78 is 26.6. The largest absolute Gasteiger partial charge is 0.618 e. The summed E-state index contributed by atoms with van der Waals surface area (Å²) in [5.41, 5.74) is 5.13. The van der Waals surface area contributed by atoms with Crippen LogP contribution in [0.3, 0.4) is 0 Å². The molecule has 0 bridgehead atoms. The summed E-state index contributed by atoms with van der Waals surface area (Å²) in [5.74, 6) is -2.05. The quantitative estimate of drug-likeness (QED) is 0.428. The average molecular weight is 411 g/mol. The summed E-state index contributed by atoms with van der Waals surface area (Å²) in [6.07, 6.45) is 3.05. The summed E-state index contributed by atoms with van der Waals surface area (Å²) in [6, 6.07) is 3.15. The van der Waals surface area contributed by atoms with E-state index in [1.165, 1.54) is 24.6 Å². The van der Waals surface area contributed by atoms with Crippen LogP contribution in [0.2, 0.25) is 0 Å². The molecule has 1 unspecified atom stereocenters. The molecule has 11 heteroatoms. The first-order valence-corrected chi connectivity index (χ1v) is 10.2. The maximum Gasteiger partial charge on any atom is 0.323 e. The Balaban J connectivity index is 2.02. The molecule has 1 radical (unpaired) electrons. The van der Waals surface area contributed by atoms with Crippen molar-refractivity contribution in [3.8, 4) is 0 Å². The van der Waals surface area contributed by atoms with Gasteiger partial charge in [0.2, 0.25) is 11.8 Å². The van der Waals surface area contributed by atoms with Crippen LogP contribution in [0.1, 0.15) is 26.2 Å². The molecule has 10 nitrogen and oxygen atoms in total. The van der Waals surface area contributed by atoms with Gasteiger partial charge >= 0.3 is 15.0 Å². The van der Waals surface area contributed by atoms with E-state index in [0.29, 0.717) is 6.42 Å². The Kier molecular flexibility index (Phi) is 7.08. The number of ketones is 1. The Labute approximate surface area is 163 Å². The number of carbonyl (C=O) groups is 3. The predicted octanol–water partition coefficient (Wildman–Crippen LogP) is -1.13. The third-order valence-electron chi connectivity index (χ3n) is 4.47. The molecule has 1 fully saturated rings. The molecular weight excluding hydrogens is 388 g/mol. The zero-order valence-electron chi connectivity index (χ0n) is 15.4. The topological polar surface area (TPSA) is 154 Å². The molecule has 28 heavy (non-hydrogen) atoms. The maximum absolute atomic E-state index is 12.7. The SMILES string of the molecule is CC(C[CH]C(=O)N[C@@H]1CCCN(S(=O)(=O)c2cccc[n+]2[O-])CC1=O)C(N)=O. The molecule has 0 aliphatic carbocycles. The molecule has 153 valence electrons. The summed E-state index contributed by atoms with van der Waals surface area (Å²) >= 11 is 0. The van der Waals surface area contributed by atoms with E-state index >= 15 is 0 Å². The van der Waals surface area contributed by atoms with Gasteiger partial charge in [-0.2, -0.15) is 9.04 Å². The van der Waals surface area contributed by atoms with E-state index in [-0.39, 0.29) is 24.1 Å². The fourth-order valence-corrected chi connectivity index (χ4v) is 4.20. The van der Waals surface area contributed by atoms with Gasteiger partial charge in [-0.25, -0.2) is 8.42 Å². The van der Waals surface area contributed by atoms with E-state index in [2.05, 4.69) is 5.32 Å². The molecular formula is C17H23N4O6S. The lowest BCUT2D eigenvalue weighted by Crippen LogP contribution is -2.46. The highest BCUT2D eigenvalue weighted by atomic mass is 32.2. The van der Waals surface area contributed by atoms with Gasteiger partial charge in [0.25, 0.3) is 0 Å². The van der Waals surface area contributed by atoms with Crippen molar-refractivity contribution in [2.24, 2.45) is 11.7 Å². The molecule has 0 aromatic carbocycles. The molecule has 0 saturated carbocycles. The van der Waals surface area contributed by atoms with Crippen LogP contribution >= 0.6 is 0 Å². The fourth-order valence-electron chi connectivity index (χ4n) is 2.73. The number of nitrogens with zero attached hydrogens (tertiary/aromatic N) is 2. The number of amides is 2. The first kappa shape index (κ1) is 21.8. The first-order chi connectivity index (χ1) is 13.1. The van der Waals surface area contributed by atoms with Crippen molar-refractivity contribution in [2.75, 3.05) is 13.1 Å². The smallest absolute Gasteiger partial charge is 0.323 e. The molecule has 1 aromatic rings.